The lowest BCUT2D eigenvalue weighted by atomic mass is 10.1. The van der Waals surface area contributed by atoms with E-state index in [0.717, 1.165) is 10.4 Å². The smallest absolute Gasteiger partial charge is 0.254 e. The van der Waals surface area contributed by atoms with Gasteiger partial charge in [0, 0.05) is 17.9 Å². The maximum Gasteiger partial charge on any atom is 0.254 e. The van der Waals surface area contributed by atoms with E-state index in [4.69, 9.17) is 9.47 Å². The first-order valence-corrected chi connectivity index (χ1v) is 8.49. The zero-order valence-corrected chi connectivity index (χ0v) is 15.0. The summed E-state index contributed by atoms with van der Waals surface area (Å²) in [4.78, 5) is 25.7. The molecule has 0 unspecified atom stereocenters. The van der Waals surface area contributed by atoms with Gasteiger partial charge in [-0.1, -0.05) is 13.8 Å². The molecule has 1 aromatic heterocycles. The topological polar surface area (TPSA) is 76.7 Å². The van der Waals surface area contributed by atoms with Crippen LogP contribution in [0.25, 0.3) is 0 Å². The average Bonchev–Trinajstić information content (AvgIpc) is 3.04. The maximum absolute atomic E-state index is 12.7. The molecule has 1 fully saturated rings. The molecule has 2 heterocycles. The summed E-state index contributed by atoms with van der Waals surface area (Å²) in [6.45, 7) is 8.38. The molecule has 6 nitrogen and oxygen atoms in total. The van der Waals surface area contributed by atoms with Gasteiger partial charge in [0.2, 0.25) is 5.91 Å². The number of carbonyl (C=O) groups excluding carboxylic acids is 2. The number of amides is 2. The molecule has 1 aromatic rings. The Labute approximate surface area is 140 Å². The highest BCUT2D eigenvalue weighted by Gasteiger charge is 2.31. The molecule has 1 aliphatic rings. The van der Waals surface area contributed by atoms with Crippen molar-refractivity contribution in [2.45, 2.75) is 39.8 Å². The van der Waals surface area contributed by atoms with Gasteiger partial charge in [0.15, 0.2) is 0 Å². The summed E-state index contributed by atoms with van der Waals surface area (Å²) in [5.41, 5.74) is 1.42. The molecule has 0 aliphatic carbocycles. The van der Waals surface area contributed by atoms with Crippen LogP contribution >= 0.6 is 11.3 Å². The van der Waals surface area contributed by atoms with Crippen molar-refractivity contribution in [3.63, 3.8) is 0 Å². The lowest BCUT2D eigenvalue weighted by Crippen LogP contribution is -2.43. The molecule has 1 saturated heterocycles. The third-order valence-corrected chi connectivity index (χ3v) is 5.14. The van der Waals surface area contributed by atoms with Gasteiger partial charge in [-0.3, -0.25) is 9.59 Å². The van der Waals surface area contributed by atoms with Crippen molar-refractivity contribution in [2.75, 3.05) is 25.6 Å². The zero-order chi connectivity index (χ0) is 17.1. The predicted molar refractivity (Wildman–Crippen MR) is 90.1 cm³/mol. The number of hydrogen-bond acceptors (Lipinski definition) is 5. The molecule has 1 aliphatic heterocycles. The summed E-state index contributed by atoms with van der Waals surface area (Å²) >= 11 is 1.42. The molecule has 2 atom stereocenters. The van der Waals surface area contributed by atoms with E-state index >= 15 is 0 Å². The van der Waals surface area contributed by atoms with Gasteiger partial charge >= 0.3 is 0 Å². The van der Waals surface area contributed by atoms with Crippen molar-refractivity contribution >= 4 is 28.2 Å². The summed E-state index contributed by atoms with van der Waals surface area (Å²) < 4.78 is 10.7. The number of aryl methyl sites for hydroxylation is 1. The molecular formula is C16H24N2O4S. The van der Waals surface area contributed by atoms with Crippen molar-refractivity contribution in [1.82, 2.24) is 5.32 Å². The van der Waals surface area contributed by atoms with Gasteiger partial charge in [-0.2, -0.15) is 0 Å². The molecule has 0 spiro atoms. The Bertz CT molecular complexity index is 597. The number of hydrogen-bond donors (Lipinski definition) is 2. The van der Waals surface area contributed by atoms with Gasteiger partial charge in [-0.05, 0) is 19.4 Å². The van der Waals surface area contributed by atoms with Crippen LogP contribution < -0.4 is 10.6 Å². The quantitative estimate of drug-likeness (QED) is 0.861. The first-order chi connectivity index (χ1) is 10.8. The van der Waals surface area contributed by atoms with E-state index in [9.17, 15) is 9.59 Å². The molecule has 2 N–H and O–H groups in total. The van der Waals surface area contributed by atoms with E-state index in [1.165, 1.54) is 11.3 Å². The van der Waals surface area contributed by atoms with Crippen LogP contribution in [-0.4, -0.2) is 44.3 Å². The van der Waals surface area contributed by atoms with E-state index < -0.39 is 0 Å². The van der Waals surface area contributed by atoms with Gasteiger partial charge in [0.1, 0.15) is 11.1 Å². The molecule has 0 bridgehead atoms. The Kier molecular flexibility index (Phi) is 5.78. The number of ether oxygens (including phenoxy) is 2. The predicted octanol–water partition coefficient (Wildman–Crippen LogP) is 2.10. The second-order valence-corrected chi connectivity index (χ2v) is 7.25. The van der Waals surface area contributed by atoms with Crippen molar-refractivity contribution in [3.05, 3.63) is 16.0 Å². The van der Waals surface area contributed by atoms with Gasteiger partial charge in [0.05, 0.1) is 24.8 Å². The molecule has 7 heteroatoms. The lowest BCUT2D eigenvalue weighted by molar-refractivity contribution is -0.118. The molecule has 0 saturated carbocycles. The SMILES string of the molecule is CO[C@H]1COC[C@@H]1NC(=O)c1c(NC(=O)C(C)C)sc(C)c1C. The van der Waals surface area contributed by atoms with Crippen LogP contribution in [0.1, 0.15) is 34.6 Å². The van der Waals surface area contributed by atoms with Gasteiger partial charge < -0.3 is 20.1 Å². The highest BCUT2D eigenvalue weighted by atomic mass is 32.1. The zero-order valence-electron chi connectivity index (χ0n) is 14.2. The lowest BCUT2D eigenvalue weighted by Gasteiger charge is -2.18. The second-order valence-electron chi connectivity index (χ2n) is 6.02. The summed E-state index contributed by atoms with van der Waals surface area (Å²) in [6, 6.07) is -0.180. The number of nitrogens with one attached hydrogen (secondary N) is 2. The number of carbonyl (C=O) groups is 2. The standard InChI is InChI=1S/C16H24N2O4S/c1-8(2)14(19)18-16-13(9(3)10(4)23-16)15(20)17-11-6-22-7-12(11)21-5/h8,11-12H,6-7H2,1-5H3,(H,17,20)(H,18,19)/t11-,12-/m0/s1. The highest BCUT2D eigenvalue weighted by molar-refractivity contribution is 7.16. The minimum Gasteiger partial charge on any atom is -0.377 e. The number of methoxy groups -OCH3 is 1. The molecule has 0 aromatic carbocycles. The minimum atomic E-state index is -0.205. The summed E-state index contributed by atoms with van der Waals surface area (Å²) in [7, 11) is 1.60. The number of rotatable bonds is 5. The second kappa shape index (κ2) is 7.42. The Balaban J connectivity index is 2.20. The van der Waals surface area contributed by atoms with Crippen LogP contribution in [0, 0.1) is 19.8 Å². The molecule has 128 valence electrons. The van der Waals surface area contributed by atoms with Gasteiger partial charge in [-0.15, -0.1) is 11.3 Å². The fraction of sp³-hybridized carbons (Fsp3) is 0.625. The Hall–Kier alpha value is -1.44. The maximum atomic E-state index is 12.7. The Morgan fingerprint density at radius 3 is 2.61 bits per heavy atom. The number of thiophene rings is 1. The van der Waals surface area contributed by atoms with Crippen molar-refractivity contribution in [2.24, 2.45) is 5.92 Å². The molecule has 2 amide bonds. The third kappa shape index (κ3) is 3.91. The third-order valence-electron chi connectivity index (χ3n) is 4.02. The molecular weight excluding hydrogens is 316 g/mol. The van der Waals surface area contributed by atoms with Crippen LogP contribution in [0.4, 0.5) is 5.00 Å². The average molecular weight is 340 g/mol. The highest BCUT2D eigenvalue weighted by Crippen LogP contribution is 2.33. The van der Waals surface area contributed by atoms with E-state index in [-0.39, 0.29) is 29.9 Å². The van der Waals surface area contributed by atoms with Gasteiger partial charge in [0.25, 0.3) is 5.91 Å². The van der Waals surface area contributed by atoms with E-state index in [1.807, 2.05) is 27.7 Å². The summed E-state index contributed by atoms with van der Waals surface area (Å²) in [5.74, 6) is -0.447. The fourth-order valence-electron chi connectivity index (χ4n) is 2.39. The van der Waals surface area contributed by atoms with Crippen LogP contribution in [0.5, 0.6) is 0 Å². The number of anilines is 1. The molecule has 23 heavy (non-hydrogen) atoms. The first kappa shape index (κ1) is 17.9. The fourth-order valence-corrected chi connectivity index (χ4v) is 3.45. The Morgan fingerprint density at radius 2 is 2.00 bits per heavy atom. The summed E-state index contributed by atoms with van der Waals surface area (Å²) in [5, 5.41) is 6.42. The molecule has 0 radical (unpaired) electrons. The van der Waals surface area contributed by atoms with Crippen LogP contribution in [0.3, 0.4) is 0 Å². The Morgan fingerprint density at radius 1 is 1.30 bits per heavy atom. The van der Waals surface area contributed by atoms with Crippen molar-refractivity contribution in [3.8, 4) is 0 Å². The van der Waals surface area contributed by atoms with Crippen LogP contribution in [0.2, 0.25) is 0 Å². The summed E-state index contributed by atoms with van der Waals surface area (Å²) in [6.07, 6.45) is -0.146. The van der Waals surface area contributed by atoms with E-state index in [2.05, 4.69) is 10.6 Å². The van der Waals surface area contributed by atoms with Crippen LogP contribution in [0.15, 0.2) is 0 Å². The first-order valence-electron chi connectivity index (χ1n) is 7.67. The van der Waals surface area contributed by atoms with E-state index in [0.29, 0.717) is 23.8 Å². The van der Waals surface area contributed by atoms with Crippen molar-refractivity contribution in [1.29, 1.82) is 0 Å². The monoisotopic (exact) mass is 340 g/mol. The minimum absolute atomic E-state index is 0.0979. The normalized spacial score (nSPS) is 20.8. The largest absolute Gasteiger partial charge is 0.377 e. The van der Waals surface area contributed by atoms with E-state index in [1.54, 1.807) is 7.11 Å². The van der Waals surface area contributed by atoms with Crippen molar-refractivity contribution < 1.29 is 19.1 Å². The molecule has 2 rings (SSSR count). The van der Waals surface area contributed by atoms with Crippen LogP contribution in [-0.2, 0) is 14.3 Å². The van der Waals surface area contributed by atoms with Gasteiger partial charge in [-0.25, -0.2) is 0 Å².